The molecule has 1 fully saturated rings. The van der Waals surface area contributed by atoms with Crippen LogP contribution in [0.25, 0.3) is 6.08 Å². The van der Waals surface area contributed by atoms with Crippen molar-refractivity contribution in [2.75, 3.05) is 4.90 Å². The predicted octanol–water partition coefficient (Wildman–Crippen LogP) is 4.46. The Labute approximate surface area is 145 Å². The summed E-state index contributed by atoms with van der Waals surface area (Å²) in [7, 11) is 0. The Kier molecular flexibility index (Phi) is 4.26. The minimum absolute atomic E-state index is 0.0280. The van der Waals surface area contributed by atoms with Crippen LogP contribution in [0.2, 0.25) is 5.02 Å². The van der Waals surface area contributed by atoms with E-state index in [1.807, 2.05) is 0 Å². The highest BCUT2D eigenvalue weighted by atomic mass is 35.5. The van der Waals surface area contributed by atoms with E-state index >= 15 is 0 Å². The van der Waals surface area contributed by atoms with Gasteiger partial charge < -0.3 is 5.32 Å². The Morgan fingerprint density at radius 3 is 2.12 bits per heavy atom. The Morgan fingerprint density at radius 1 is 0.960 bits per heavy atom. The Hall–Kier alpha value is -2.80. The van der Waals surface area contributed by atoms with Gasteiger partial charge in [0.1, 0.15) is 5.70 Å². The summed E-state index contributed by atoms with van der Waals surface area (Å²) in [6.07, 6.45) is -3.12. The number of imide groups is 1. The van der Waals surface area contributed by atoms with Gasteiger partial charge in [0.25, 0.3) is 5.91 Å². The Morgan fingerprint density at radius 2 is 1.56 bits per heavy atom. The molecule has 0 spiro atoms. The normalized spacial score (nSPS) is 16.5. The number of nitrogens with zero attached hydrogens (tertiary/aromatic N) is 1. The van der Waals surface area contributed by atoms with Crippen LogP contribution in [0, 0.1) is 0 Å². The molecule has 0 saturated carbocycles. The fourth-order valence-corrected chi connectivity index (χ4v) is 2.42. The van der Waals surface area contributed by atoms with Crippen LogP contribution >= 0.6 is 11.6 Å². The first-order valence-corrected chi connectivity index (χ1v) is 7.43. The highest BCUT2D eigenvalue weighted by molar-refractivity contribution is 6.31. The molecule has 0 atom stereocenters. The number of alkyl halides is 3. The first-order valence-electron chi connectivity index (χ1n) is 7.06. The molecule has 1 aliphatic rings. The second-order valence-corrected chi connectivity index (χ2v) is 5.66. The van der Waals surface area contributed by atoms with Crippen LogP contribution in [-0.2, 0) is 11.0 Å². The molecule has 0 aliphatic carbocycles. The SMILES string of the molecule is O=C1N/C(=C/c2ccc(C(F)(F)F)cc2)C(=O)N1c1ccc(Cl)cc1. The molecule has 8 heteroatoms. The zero-order chi connectivity index (χ0) is 18.2. The van der Waals surface area contributed by atoms with Crippen molar-refractivity contribution in [3.8, 4) is 0 Å². The van der Waals surface area contributed by atoms with Crippen LogP contribution in [0.3, 0.4) is 0 Å². The van der Waals surface area contributed by atoms with Crippen molar-refractivity contribution < 1.29 is 22.8 Å². The molecular formula is C17H10ClF3N2O2. The summed E-state index contributed by atoms with van der Waals surface area (Å²) in [6, 6.07) is 9.71. The number of amides is 3. The zero-order valence-corrected chi connectivity index (χ0v) is 13.2. The number of hydrogen-bond donors (Lipinski definition) is 1. The van der Waals surface area contributed by atoms with Crippen molar-refractivity contribution in [2.45, 2.75) is 6.18 Å². The molecule has 128 valence electrons. The summed E-state index contributed by atoms with van der Waals surface area (Å²) in [5.74, 6) is -0.604. The zero-order valence-electron chi connectivity index (χ0n) is 12.5. The number of halogens is 4. The van der Waals surface area contributed by atoms with E-state index < -0.39 is 23.7 Å². The van der Waals surface area contributed by atoms with Crippen LogP contribution < -0.4 is 10.2 Å². The van der Waals surface area contributed by atoms with Crippen LogP contribution in [0.15, 0.2) is 54.2 Å². The maximum absolute atomic E-state index is 12.6. The van der Waals surface area contributed by atoms with Gasteiger partial charge in [0.15, 0.2) is 0 Å². The molecule has 1 saturated heterocycles. The van der Waals surface area contributed by atoms with Crippen molar-refractivity contribution in [3.05, 3.63) is 70.4 Å². The van der Waals surface area contributed by atoms with Gasteiger partial charge in [0.2, 0.25) is 0 Å². The smallest absolute Gasteiger partial charge is 0.302 e. The van der Waals surface area contributed by atoms with Crippen molar-refractivity contribution >= 4 is 35.3 Å². The average molecular weight is 367 g/mol. The van der Waals surface area contributed by atoms with Gasteiger partial charge in [-0.3, -0.25) is 4.79 Å². The number of hydrogen-bond acceptors (Lipinski definition) is 2. The molecule has 0 unspecified atom stereocenters. The molecule has 3 rings (SSSR count). The van der Waals surface area contributed by atoms with Gasteiger partial charge in [0.05, 0.1) is 11.3 Å². The van der Waals surface area contributed by atoms with Crippen molar-refractivity contribution in [1.29, 1.82) is 0 Å². The molecule has 25 heavy (non-hydrogen) atoms. The Bertz CT molecular complexity index is 859. The van der Waals surface area contributed by atoms with Gasteiger partial charge >= 0.3 is 12.2 Å². The van der Waals surface area contributed by atoms with Gasteiger partial charge in [-0.1, -0.05) is 23.7 Å². The number of carbonyl (C=O) groups is 2. The lowest BCUT2D eigenvalue weighted by Crippen LogP contribution is -2.30. The summed E-state index contributed by atoms with van der Waals surface area (Å²) in [5.41, 5.74) is -0.128. The van der Waals surface area contributed by atoms with E-state index in [2.05, 4.69) is 5.32 Å². The summed E-state index contributed by atoms with van der Waals surface area (Å²) in [5, 5.41) is 2.86. The summed E-state index contributed by atoms with van der Waals surface area (Å²) < 4.78 is 37.7. The van der Waals surface area contributed by atoms with Gasteiger partial charge in [0, 0.05) is 5.02 Å². The number of rotatable bonds is 2. The van der Waals surface area contributed by atoms with Crippen molar-refractivity contribution in [3.63, 3.8) is 0 Å². The van der Waals surface area contributed by atoms with Crippen LogP contribution in [-0.4, -0.2) is 11.9 Å². The largest absolute Gasteiger partial charge is 0.416 e. The monoisotopic (exact) mass is 366 g/mol. The number of carbonyl (C=O) groups excluding carboxylic acids is 2. The minimum atomic E-state index is -4.44. The molecular weight excluding hydrogens is 357 g/mol. The van der Waals surface area contributed by atoms with E-state index in [-0.39, 0.29) is 5.70 Å². The summed E-state index contributed by atoms with van der Waals surface area (Å²) >= 11 is 5.78. The highest BCUT2D eigenvalue weighted by Crippen LogP contribution is 2.29. The maximum atomic E-state index is 12.6. The van der Waals surface area contributed by atoms with Gasteiger partial charge in [-0.25, -0.2) is 9.69 Å². The minimum Gasteiger partial charge on any atom is -0.302 e. The first kappa shape index (κ1) is 17.0. The lowest BCUT2D eigenvalue weighted by atomic mass is 10.1. The quantitative estimate of drug-likeness (QED) is 0.630. The van der Waals surface area contributed by atoms with E-state index in [9.17, 15) is 22.8 Å². The van der Waals surface area contributed by atoms with Crippen LogP contribution in [0.4, 0.5) is 23.7 Å². The third-order valence-electron chi connectivity index (χ3n) is 3.51. The van der Waals surface area contributed by atoms with Crippen molar-refractivity contribution in [1.82, 2.24) is 5.32 Å². The molecule has 0 radical (unpaired) electrons. The average Bonchev–Trinajstić information content (AvgIpc) is 2.82. The second-order valence-electron chi connectivity index (χ2n) is 5.22. The summed E-state index contributed by atoms with van der Waals surface area (Å²) in [6.45, 7) is 0. The Balaban J connectivity index is 1.86. The fourth-order valence-electron chi connectivity index (χ4n) is 2.29. The molecule has 0 bridgehead atoms. The van der Waals surface area contributed by atoms with E-state index in [4.69, 9.17) is 11.6 Å². The van der Waals surface area contributed by atoms with Crippen molar-refractivity contribution in [2.24, 2.45) is 0 Å². The molecule has 0 aromatic heterocycles. The number of urea groups is 1. The third kappa shape index (κ3) is 3.51. The van der Waals surface area contributed by atoms with Gasteiger partial charge in [-0.05, 0) is 48.0 Å². The predicted molar refractivity (Wildman–Crippen MR) is 86.9 cm³/mol. The topological polar surface area (TPSA) is 49.4 Å². The molecule has 1 aliphatic heterocycles. The molecule has 1 heterocycles. The van der Waals surface area contributed by atoms with Crippen LogP contribution in [0.1, 0.15) is 11.1 Å². The summed E-state index contributed by atoms with van der Waals surface area (Å²) in [4.78, 5) is 25.3. The number of nitrogens with one attached hydrogen (secondary N) is 1. The van der Waals surface area contributed by atoms with E-state index in [0.29, 0.717) is 16.3 Å². The van der Waals surface area contributed by atoms with Gasteiger partial charge in [-0.2, -0.15) is 13.2 Å². The number of benzene rings is 2. The van der Waals surface area contributed by atoms with E-state index in [1.165, 1.54) is 42.5 Å². The molecule has 4 nitrogen and oxygen atoms in total. The third-order valence-corrected chi connectivity index (χ3v) is 3.76. The molecule has 1 N–H and O–H groups in total. The van der Waals surface area contributed by atoms with E-state index in [1.54, 1.807) is 0 Å². The maximum Gasteiger partial charge on any atom is 0.416 e. The molecule has 2 aromatic carbocycles. The molecule has 2 aromatic rings. The first-order chi connectivity index (χ1) is 11.8. The second kappa shape index (κ2) is 6.25. The highest BCUT2D eigenvalue weighted by Gasteiger charge is 2.35. The lowest BCUT2D eigenvalue weighted by Gasteiger charge is -2.11. The lowest BCUT2D eigenvalue weighted by molar-refractivity contribution is -0.137. The van der Waals surface area contributed by atoms with Crippen LogP contribution in [0.5, 0.6) is 0 Å². The fraction of sp³-hybridized carbons (Fsp3) is 0.0588. The van der Waals surface area contributed by atoms with E-state index in [0.717, 1.165) is 17.0 Å². The molecule has 3 amide bonds. The standard InChI is InChI=1S/C17H10ClF3N2O2/c18-12-5-7-13(8-6-12)23-15(24)14(22-16(23)25)9-10-1-3-11(4-2-10)17(19,20)21/h1-9H,(H,22,25)/b14-9+. The number of anilines is 1. The van der Waals surface area contributed by atoms with Gasteiger partial charge in [-0.15, -0.1) is 0 Å².